The van der Waals surface area contributed by atoms with Crippen molar-refractivity contribution in [1.29, 1.82) is 0 Å². The minimum Gasteiger partial charge on any atom is -0.493 e. The fraction of sp³-hybridized carbons (Fsp3) is 0.571. The summed E-state index contributed by atoms with van der Waals surface area (Å²) in [6.07, 6.45) is 0.269. The van der Waals surface area contributed by atoms with E-state index in [2.05, 4.69) is 19.2 Å². The molecule has 0 radical (unpaired) electrons. The van der Waals surface area contributed by atoms with E-state index < -0.39 is 0 Å². The summed E-state index contributed by atoms with van der Waals surface area (Å²) in [4.78, 5) is 0. The molecule has 0 saturated carbocycles. The van der Waals surface area contributed by atoms with Crippen LogP contribution in [0.1, 0.15) is 32.8 Å². The first kappa shape index (κ1) is 15.3. The second-order valence-electron chi connectivity index (χ2n) is 4.74. The zero-order valence-corrected chi connectivity index (χ0v) is 12.0. The van der Waals surface area contributed by atoms with Gasteiger partial charge in [0.2, 0.25) is 0 Å². The van der Waals surface area contributed by atoms with E-state index in [9.17, 15) is 5.11 Å². The molecule has 0 spiro atoms. The number of nitrogens with one attached hydrogen (secondary N) is 1. The number of aliphatic hydroxyl groups is 1. The first-order valence-corrected chi connectivity index (χ1v) is 6.70. The highest BCUT2D eigenvalue weighted by molar-refractivity contribution is 6.31. The van der Waals surface area contributed by atoms with E-state index in [0.717, 1.165) is 11.3 Å². The van der Waals surface area contributed by atoms with E-state index in [1.807, 2.05) is 18.2 Å². The molecule has 1 aromatic carbocycles. The van der Waals surface area contributed by atoms with Gasteiger partial charge in [-0.3, -0.25) is 0 Å². The van der Waals surface area contributed by atoms with Crippen LogP contribution in [0.2, 0.25) is 5.02 Å². The Balaban J connectivity index is 2.67. The van der Waals surface area contributed by atoms with Crippen molar-refractivity contribution >= 4 is 11.6 Å². The van der Waals surface area contributed by atoms with Gasteiger partial charge in [0.15, 0.2) is 0 Å². The Hall–Kier alpha value is -0.770. The molecule has 4 heteroatoms. The normalized spacial score (nSPS) is 12.8. The third-order valence-corrected chi connectivity index (χ3v) is 2.91. The predicted molar refractivity (Wildman–Crippen MR) is 75.2 cm³/mol. The largest absolute Gasteiger partial charge is 0.493 e. The van der Waals surface area contributed by atoms with Gasteiger partial charge in [-0.1, -0.05) is 31.5 Å². The Kier molecular flexibility index (Phi) is 6.47. The molecule has 1 atom stereocenters. The molecule has 0 heterocycles. The third kappa shape index (κ3) is 5.25. The smallest absolute Gasteiger partial charge is 0.125 e. The first-order valence-electron chi connectivity index (χ1n) is 6.32. The Morgan fingerprint density at radius 3 is 2.67 bits per heavy atom. The summed E-state index contributed by atoms with van der Waals surface area (Å²) in [6, 6.07) is 6.04. The molecule has 18 heavy (non-hydrogen) atoms. The second-order valence-corrected chi connectivity index (χ2v) is 5.15. The summed E-state index contributed by atoms with van der Waals surface area (Å²) in [5.74, 6) is 0.788. The van der Waals surface area contributed by atoms with Gasteiger partial charge in [0.25, 0.3) is 0 Å². The summed E-state index contributed by atoms with van der Waals surface area (Å²) >= 11 is 6.18. The fourth-order valence-electron chi connectivity index (χ4n) is 1.49. The first-order chi connectivity index (χ1) is 8.50. The molecule has 0 amide bonds. The van der Waals surface area contributed by atoms with Gasteiger partial charge in [-0.05, 0) is 19.1 Å². The Labute approximate surface area is 114 Å². The SMILES string of the molecule is CC(O)CCOc1cccc(Cl)c1CNC(C)C. The Bertz CT molecular complexity index is 367. The van der Waals surface area contributed by atoms with Crippen molar-refractivity contribution in [2.45, 2.75) is 45.9 Å². The van der Waals surface area contributed by atoms with Gasteiger partial charge in [0.1, 0.15) is 5.75 Å². The summed E-state index contributed by atoms with van der Waals surface area (Å²) in [5.41, 5.74) is 0.971. The zero-order valence-electron chi connectivity index (χ0n) is 11.2. The number of rotatable bonds is 7. The molecule has 2 N–H and O–H groups in total. The standard InChI is InChI=1S/C14H22ClNO2/c1-10(2)16-9-12-13(15)5-4-6-14(12)18-8-7-11(3)17/h4-6,10-11,16-17H,7-9H2,1-3H3. The van der Waals surface area contributed by atoms with Crippen LogP contribution in [0.5, 0.6) is 5.75 Å². The monoisotopic (exact) mass is 271 g/mol. The van der Waals surface area contributed by atoms with Crippen molar-refractivity contribution < 1.29 is 9.84 Å². The number of aliphatic hydroxyl groups excluding tert-OH is 1. The van der Waals surface area contributed by atoms with Crippen molar-refractivity contribution in [2.75, 3.05) is 6.61 Å². The van der Waals surface area contributed by atoms with Crippen LogP contribution in [0.4, 0.5) is 0 Å². The lowest BCUT2D eigenvalue weighted by atomic mass is 10.2. The third-order valence-electron chi connectivity index (χ3n) is 2.56. The summed E-state index contributed by atoms with van der Waals surface area (Å²) in [5, 5.41) is 13.2. The molecule has 0 aliphatic carbocycles. The van der Waals surface area contributed by atoms with Crippen molar-refractivity contribution in [2.24, 2.45) is 0 Å². The van der Waals surface area contributed by atoms with Crippen molar-refractivity contribution in [3.05, 3.63) is 28.8 Å². The molecular weight excluding hydrogens is 250 g/mol. The number of hydrogen-bond donors (Lipinski definition) is 2. The highest BCUT2D eigenvalue weighted by Gasteiger charge is 2.09. The molecule has 102 valence electrons. The maximum absolute atomic E-state index is 9.21. The Morgan fingerprint density at radius 1 is 1.33 bits per heavy atom. The molecule has 0 saturated heterocycles. The second kappa shape index (κ2) is 7.62. The van der Waals surface area contributed by atoms with E-state index in [0.29, 0.717) is 30.6 Å². The quantitative estimate of drug-likeness (QED) is 0.801. The van der Waals surface area contributed by atoms with Gasteiger partial charge in [0.05, 0.1) is 12.7 Å². The van der Waals surface area contributed by atoms with Crippen LogP contribution in [0.15, 0.2) is 18.2 Å². The van der Waals surface area contributed by atoms with Gasteiger partial charge in [0, 0.05) is 29.6 Å². The maximum Gasteiger partial charge on any atom is 0.125 e. The summed E-state index contributed by atoms with van der Waals surface area (Å²) < 4.78 is 5.68. The minimum atomic E-state index is -0.346. The highest BCUT2D eigenvalue weighted by atomic mass is 35.5. The van der Waals surface area contributed by atoms with Crippen LogP contribution in [0.3, 0.4) is 0 Å². The predicted octanol–water partition coefficient (Wildman–Crippen LogP) is 2.99. The van der Waals surface area contributed by atoms with Gasteiger partial charge in [-0.25, -0.2) is 0 Å². The molecule has 0 aromatic heterocycles. The van der Waals surface area contributed by atoms with Crippen molar-refractivity contribution in [3.8, 4) is 5.75 Å². The molecule has 1 aromatic rings. The van der Waals surface area contributed by atoms with Gasteiger partial charge < -0.3 is 15.2 Å². The van der Waals surface area contributed by atoms with Crippen LogP contribution in [-0.4, -0.2) is 23.9 Å². The van der Waals surface area contributed by atoms with E-state index >= 15 is 0 Å². The molecule has 0 aliphatic rings. The molecular formula is C14H22ClNO2. The van der Waals surface area contributed by atoms with Gasteiger partial charge >= 0.3 is 0 Å². The van der Waals surface area contributed by atoms with Crippen LogP contribution in [0.25, 0.3) is 0 Å². The lowest BCUT2D eigenvalue weighted by Gasteiger charge is -2.15. The topological polar surface area (TPSA) is 41.5 Å². The number of hydrogen-bond acceptors (Lipinski definition) is 3. The number of benzene rings is 1. The maximum atomic E-state index is 9.21. The molecule has 0 aliphatic heterocycles. The number of ether oxygens (including phenoxy) is 1. The zero-order chi connectivity index (χ0) is 13.5. The lowest BCUT2D eigenvalue weighted by Crippen LogP contribution is -2.22. The van der Waals surface area contributed by atoms with E-state index in [4.69, 9.17) is 16.3 Å². The van der Waals surface area contributed by atoms with E-state index in [1.54, 1.807) is 6.92 Å². The lowest BCUT2D eigenvalue weighted by molar-refractivity contribution is 0.155. The van der Waals surface area contributed by atoms with Crippen molar-refractivity contribution in [3.63, 3.8) is 0 Å². The molecule has 1 rings (SSSR count). The number of halogens is 1. The molecule has 1 unspecified atom stereocenters. The van der Waals surface area contributed by atoms with Gasteiger partial charge in [-0.15, -0.1) is 0 Å². The Morgan fingerprint density at radius 2 is 2.06 bits per heavy atom. The van der Waals surface area contributed by atoms with E-state index in [-0.39, 0.29) is 6.10 Å². The molecule has 0 bridgehead atoms. The van der Waals surface area contributed by atoms with Crippen LogP contribution in [0, 0.1) is 0 Å². The van der Waals surface area contributed by atoms with Crippen LogP contribution < -0.4 is 10.1 Å². The van der Waals surface area contributed by atoms with Crippen LogP contribution >= 0.6 is 11.6 Å². The van der Waals surface area contributed by atoms with Crippen LogP contribution in [-0.2, 0) is 6.54 Å². The van der Waals surface area contributed by atoms with Gasteiger partial charge in [-0.2, -0.15) is 0 Å². The average molecular weight is 272 g/mol. The average Bonchev–Trinajstić information content (AvgIpc) is 2.27. The summed E-state index contributed by atoms with van der Waals surface area (Å²) in [6.45, 7) is 7.10. The highest BCUT2D eigenvalue weighted by Crippen LogP contribution is 2.26. The molecule has 0 fully saturated rings. The van der Waals surface area contributed by atoms with Crippen molar-refractivity contribution in [1.82, 2.24) is 5.32 Å². The minimum absolute atomic E-state index is 0.346. The fourth-order valence-corrected chi connectivity index (χ4v) is 1.72. The summed E-state index contributed by atoms with van der Waals surface area (Å²) in [7, 11) is 0. The van der Waals surface area contributed by atoms with E-state index in [1.165, 1.54) is 0 Å². The molecule has 3 nitrogen and oxygen atoms in total.